The van der Waals surface area contributed by atoms with Gasteiger partial charge in [0.2, 0.25) is 0 Å². The van der Waals surface area contributed by atoms with Crippen LogP contribution < -0.4 is 0 Å². The molecule has 0 amide bonds. The molecule has 0 unspecified atom stereocenters. The molecule has 1 aliphatic rings. The highest BCUT2D eigenvalue weighted by atomic mass is 16.5. The zero-order valence-electron chi connectivity index (χ0n) is 7.27. The van der Waals surface area contributed by atoms with E-state index < -0.39 is 0 Å². The molecule has 5 nitrogen and oxygen atoms in total. The van der Waals surface area contributed by atoms with Gasteiger partial charge in [0, 0.05) is 13.0 Å². The van der Waals surface area contributed by atoms with Crippen molar-refractivity contribution in [3.8, 4) is 0 Å². The van der Waals surface area contributed by atoms with E-state index in [-0.39, 0.29) is 0 Å². The molecule has 0 radical (unpaired) electrons. The van der Waals surface area contributed by atoms with Crippen LogP contribution in [-0.4, -0.2) is 33.4 Å². The molecule has 0 aliphatic heterocycles. The van der Waals surface area contributed by atoms with E-state index in [1.807, 2.05) is 0 Å². The van der Waals surface area contributed by atoms with Gasteiger partial charge in [0.1, 0.15) is 0 Å². The Kier molecular flexibility index (Phi) is 1.80. The molecule has 1 fully saturated rings. The van der Waals surface area contributed by atoms with Crippen LogP contribution >= 0.6 is 0 Å². The first-order valence-electron chi connectivity index (χ1n) is 4.06. The summed E-state index contributed by atoms with van der Waals surface area (Å²) in [7, 11) is 3.52. The standard InChI is InChI=1S/C7H12N4O/c1-11-9-7(8-10-11)5-3-6(4-5)12-2/h5-6H,3-4H2,1-2H3. The Labute approximate surface area is 70.7 Å². The van der Waals surface area contributed by atoms with E-state index in [4.69, 9.17) is 4.74 Å². The SMILES string of the molecule is COC1CC(c2nnn(C)n2)C1. The molecular weight excluding hydrogens is 156 g/mol. The molecular formula is C7H12N4O. The second kappa shape index (κ2) is 2.82. The minimum Gasteiger partial charge on any atom is -0.381 e. The van der Waals surface area contributed by atoms with Gasteiger partial charge in [-0.3, -0.25) is 0 Å². The zero-order valence-corrected chi connectivity index (χ0v) is 7.27. The van der Waals surface area contributed by atoms with E-state index in [0.717, 1.165) is 18.7 Å². The molecule has 0 saturated heterocycles. The summed E-state index contributed by atoms with van der Waals surface area (Å²) in [6, 6.07) is 0. The van der Waals surface area contributed by atoms with Crippen molar-refractivity contribution in [3.05, 3.63) is 5.82 Å². The molecule has 66 valence electrons. The van der Waals surface area contributed by atoms with E-state index in [1.165, 1.54) is 4.80 Å². The highest BCUT2D eigenvalue weighted by molar-refractivity contribution is 5.00. The van der Waals surface area contributed by atoms with E-state index in [1.54, 1.807) is 14.2 Å². The van der Waals surface area contributed by atoms with Crippen molar-refractivity contribution in [2.75, 3.05) is 7.11 Å². The maximum Gasteiger partial charge on any atom is 0.178 e. The van der Waals surface area contributed by atoms with Gasteiger partial charge in [-0.2, -0.15) is 4.80 Å². The minimum absolute atomic E-state index is 0.402. The number of nitrogens with zero attached hydrogens (tertiary/aromatic N) is 4. The van der Waals surface area contributed by atoms with Gasteiger partial charge in [-0.15, -0.1) is 10.2 Å². The van der Waals surface area contributed by atoms with Gasteiger partial charge in [0.25, 0.3) is 0 Å². The van der Waals surface area contributed by atoms with Crippen LogP contribution in [0.4, 0.5) is 0 Å². The molecule has 0 N–H and O–H groups in total. The molecule has 5 heteroatoms. The summed E-state index contributed by atoms with van der Waals surface area (Å²) in [6.07, 6.45) is 2.46. The Bertz CT molecular complexity index is 266. The lowest BCUT2D eigenvalue weighted by molar-refractivity contribution is 0.0236. The van der Waals surface area contributed by atoms with Crippen LogP contribution in [0.1, 0.15) is 24.6 Å². The fourth-order valence-electron chi connectivity index (χ4n) is 1.43. The van der Waals surface area contributed by atoms with Gasteiger partial charge in [0.05, 0.1) is 13.2 Å². The van der Waals surface area contributed by atoms with E-state index in [9.17, 15) is 0 Å². The number of ether oxygens (including phenoxy) is 1. The molecule has 12 heavy (non-hydrogen) atoms. The van der Waals surface area contributed by atoms with Crippen molar-refractivity contribution < 1.29 is 4.74 Å². The Morgan fingerprint density at radius 1 is 1.50 bits per heavy atom. The summed E-state index contributed by atoms with van der Waals surface area (Å²) in [6.45, 7) is 0. The van der Waals surface area contributed by atoms with Crippen molar-refractivity contribution in [1.29, 1.82) is 0 Å². The fourth-order valence-corrected chi connectivity index (χ4v) is 1.43. The molecule has 1 heterocycles. The summed E-state index contributed by atoms with van der Waals surface area (Å²) in [5, 5.41) is 11.9. The number of rotatable bonds is 2. The van der Waals surface area contributed by atoms with E-state index in [2.05, 4.69) is 15.4 Å². The number of hydrogen-bond acceptors (Lipinski definition) is 4. The highest BCUT2D eigenvalue weighted by Gasteiger charge is 2.33. The summed E-state index contributed by atoms with van der Waals surface area (Å²) < 4.78 is 5.16. The summed E-state index contributed by atoms with van der Waals surface area (Å²) in [5.74, 6) is 1.31. The Balaban J connectivity index is 1.96. The molecule has 1 aromatic rings. The molecule has 0 spiro atoms. The van der Waals surface area contributed by atoms with Gasteiger partial charge < -0.3 is 4.74 Å². The number of methoxy groups -OCH3 is 1. The third kappa shape index (κ3) is 1.20. The third-order valence-corrected chi connectivity index (χ3v) is 2.32. The topological polar surface area (TPSA) is 52.8 Å². The number of aromatic nitrogens is 4. The van der Waals surface area contributed by atoms with E-state index >= 15 is 0 Å². The number of tetrazole rings is 1. The summed E-state index contributed by atoms with van der Waals surface area (Å²) >= 11 is 0. The molecule has 2 rings (SSSR count). The largest absolute Gasteiger partial charge is 0.381 e. The van der Waals surface area contributed by atoms with Gasteiger partial charge in [-0.25, -0.2) is 0 Å². The van der Waals surface area contributed by atoms with Gasteiger partial charge in [0.15, 0.2) is 5.82 Å². The molecule has 1 aromatic heterocycles. The molecule has 0 atom stereocenters. The first-order chi connectivity index (χ1) is 5.79. The second-order valence-corrected chi connectivity index (χ2v) is 3.16. The quantitative estimate of drug-likeness (QED) is 0.628. The van der Waals surface area contributed by atoms with Crippen molar-refractivity contribution in [3.63, 3.8) is 0 Å². The van der Waals surface area contributed by atoms with Crippen LogP contribution in [0.2, 0.25) is 0 Å². The fraction of sp³-hybridized carbons (Fsp3) is 0.857. The lowest BCUT2D eigenvalue weighted by atomic mass is 9.82. The van der Waals surface area contributed by atoms with Crippen LogP contribution in [0, 0.1) is 0 Å². The van der Waals surface area contributed by atoms with Crippen LogP contribution in [-0.2, 0) is 11.8 Å². The predicted octanol–water partition coefficient (Wildman–Crippen LogP) is 0.102. The minimum atomic E-state index is 0.402. The number of aryl methyl sites for hydroxylation is 1. The summed E-state index contributed by atoms with van der Waals surface area (Å²) in [5.41, 5.74) is 0. The normalized spacial score (nSPS) is 28.5. The van der Waals surface area contributed by atoms with Crippen LogP contribution in [0.25, 0.3) is 0 Å². The van der Waals surface area contributed by atoms with Crippen LogP contribution in [0.15, 0.2) is 0 Å². The first-order valence-corrected chi connectivity index (χ1v) is 4.06. The Morgan fingerprint density at radius 2 is 2.25 bits per heavy atom. The maximum atomic E-state index is 5.16. The second-order valence-electron chi connectivity index (χ2n) is 3.16. The summed E-state index contributed by atoms with van der Waals surface area (Å²) in [4.78, 5) is 1.50. The van der Waals surface area contributed by atoms with Crippen molar-refractivity contribution >= 4 is 0 Å². The van der Waals surface area contributed by atoms with Gasteiger partial charge in [-0.05, 0) is 18.1 Å². The average Bonchev–Trinajstić information content (AvgIpc) is 2.34. The molecule has 1 aliphatic carbocycles. The molecule has 0 bridgehead atoms. The highest BCUT2D eigenvalue weighted by Crippen LogP contribution is 2.36. The Morgan fingerprint density at radius 3 is 2.75 bits per heavy atom. The maximum absolute atomic E-state index is 5.16. The monoisotopic (exact) mass is 168 g/mol. The van der Waals surface area contributed by atoms with E-state index in [0.29, 0.717) is 12.0 Å². The lowest BCUT2D eigenvalue weighted by Gasteiger charge is -2.31. The van der Waals surface area contributed by atoms with Crippen LogP contribution in [0.5, 0.6) is 0 Å². The van der Waals surface area contributed by atoms with Gasteiger partial charge >= 0.3 is 0 Å². The lowest BCUT2D eigenvalue weighted by Crippen LogP contribution is -2.29. The Hall–Kier alpha value is -0.970. The molecule has 0 aromatic carbocycles. The van der Waals surface area contributed by atoms with Crippen molar-refractivity contribution in [1.82, 2.24) is 20.2 Å². The van der Waals surface area contributed by atoms with Crippen molar-refractivity contribution in [2.45, 2.75) is 24.9 Å². The molecule has 1 saturated carbocycles. The van der Waals surface area contributed by atoms with Gasteiger partial charge in [-0.1, -0.05) is 0 Å². The smallest absolute Gasteiger partial charge is 0.178 e. The zero-order chi connectivity index (χ0) is 8.55. The predicted molar refractivity (Wildman–Crippen MR) is 41.6 cm³/mol. The third-order valence-electron chi connectivity index (χ3n) is 2.32. The van der Waals surface area contributed by atoms with Crippen molar-refractivity contribution in [2.24, 2.45) is 7.05 Å². The first kappa shape index (κ1) is 7.67. The van der Waals surface area contributed by atoms with Crippen LogP contribution in [0.3, 0.4) is 0 Å². The number of hydrogen-bond donors (Lipinski definition) is 0. The average molecular weight is 168 g/mol.